The van der Waals surface area contributed by atoms with Gasteiger partial charge < -0.3 is 25.8 Å². The third kappa shape index (κ3) is 5.31. The van der Waals surface area contributed by atoms with Gasteiger partial charge in [-0.2, -0.15) is 0 Å². The number of nitrogens with zero attached hydrogens (tertiary/aromatic N) is 5. The zero-order valence-corrected chi connectivity index (χ0v) is 20.8. The zero-order chi connectivity index (χ0) is 25.1. The second-order valence-corrected chi connectivity index (χ2v) is 9.76. The van der Waals surface area contributed by atoms with Gasteiger partial charge in [0.2, 0.25) is 5.91 Å². The standard InChI is InChI=1S/C26H30ClN7O2/c27-19-6-7-20-22(14-19)30-24(28)15-23(20)32-10-12-33(13-11-32)26(36)31-21-5-1-2-9-34(25(21)35)17-18-4-3-8-29-16-18/h3-4,6-8,14-16,21H,1-2,5,9-13,17H2,(H2,28,30)(H,31,36)/t21-/m0/s1. The van der Waals surface area contributed by atoms with E-state index in [1.807, 2.05) is 41.3 Å². The van der Waals surface area contributed by atoms with Crippen LogP contribution in [0, 0.1) is 0 Å². The number of halogens is 1. The Labute approximate surface area is 215 Å². The fourth-order valence-electron chi connectivity index (χ4n) is 4.96. The first-order valence-electron chi connectivity index (χ1n) is 12.3. The van der Waals surface area contributed by atoms with E-state index in [1.165, 1.54) is 0 Å². The molecule has 2 aromatic heterocycles. The molecule has 0 spiro atoms. The number of nitrogens with one attached hydrogen (secondary N) is 1. The van der Waals surface area contributed by atoms with Crippen molar-refractivity contribution in [2.24, 2.45) is 0 Å². The molecule has 4 heterocycles. The normalized spacial score (nSPS) is 18.9. The third-order valence-corrected chi connectivity index (χ3v) is 7.09. The van der Waals surface area contributed by atoms with Crippen LogP contribution in [0.15, 0.2) is 48.8 Å². The highest BCUT2D eigenvalue weighted by Gasteiger charge is 2.31. The first-order chi connectivity index (χ1) is 17.5. The van der Waals surface area contributed by atoms with Crippen LogP contribution in [0.1, 0.15) is 24.8 Å². The molecule has 2 aliphatic rings. The zero-order valence-electron chi connectivity index (χ0n) is 20.1. The largest absolute Gasteiger partial charge is 0.384 e. The molecule has 5 rings (SSSR count). The summed E-state index contributed by atoms with van der Waals surface area (Å²) in [6.45, 7) is 3.59. The van der Waals surface area contributed by atoms with Crippen LogP contribution in [0.3, 0.4) is 0 Å². The van der Waals surface area contributed by atoms with E-state index in [4.69, 9.17) is 17.3 Å². The van der Waals surface area contributed by atoms with E-state index < -0.39 is 6.04 Å². The Morgan fingerprint density at radius 1 is 1.11 bits per heavy atom. The van der Waals surface area contributed by atoms with Crippen molar-refractivity contribution in [3.05, 3.63) is 59.4 Å². The number of likely N-dealkylation sites (tertiary alicyclic amines) is 1. The lowest BCUT2D eigenvalue weighted by Crippen LogP contribution is -2.56. The summed E-state index contributed by atoms with van der Waals surface area (Å²) in [4.78, 5) is 40.7. The number of anilines is 2. The van der Waals surface area contributed by atoms with Crippen LogP contribution in [0.25, 0.3) is 10.9 Å². The molecule has 36 heavy (non-hydrogen) atoms. The smallest absolute Gasteiger partial charge is 0.318 e. The average molecular weight is 508 g/mol. The number of carbonyl (C=O) groups is 2. The number of carbonyl (C=O) groups excluding carboxylic acids is 2. The Kier molecular flexibility index (Phi) is 7.09. The Hall–Kier alpha value is -3.59. The number of urea groups is 1. The molecule has 2 aliphatic heterocycles. The number of piperazine rings is 1. The van der Waals surface area contributed by atoms with Crippen molar-refractivity contribution < 1.29 is 9.59 Å². The van der Waals surface area contributed by atoms with Gasteiger partial charge in [-0.1, -0.05) is 17.7 Å². The van der Waals surface area contributed by atoms with Crippen molar-refractivity contribution in [3.63, 3.8) is 0 Å². The summed E-state index contributed by atoms with van der Waals surface area (Å²) in [5.41, 5.74) is 8.77. The number of hydrogen-bond acceptors (Lipinski definition) is 6. The molecule has 10 heteroatoms. The first-order valence-corrected chi connectivity index (χ1v) is 12.7. The van der Waals surface area contributed by atoms with Gasteiger partial charge in [-0.15, -0.1) is 0 Å². The van der Waals surface area contributed by atoms with Crippen molar-refractivity contribution in [1.29, 1.82) is 0 Å². The molecule has 3 N–H and O–H groups in total. The summed E-state index contributed by atoms with van der Waals surface area (Å²) in [5, 5.41) is 4.60. The number of pyridine rings is 2. The SMILES string of the molecule is Nc1cc(N2CCN(C(=O)N[C@H]3CCCCN(Cc4cccnc4)C3=O)CC2)c2ccc(Cl)cc2n1. The second-order valence-electron chi connectivity index (χ2n) is 9.32. The number of rotatable bonds is 4. The highest BCUT2D eigenvalue weighted by molar-refractivity contribution is 6.31. The molecule has 3 amide bonds. The molecule has 2 fully saturated rings. The van der Waals surface area contributed by atoms with Crippen LogP contribution in [-0.4, -0.2) is 70.5 Å². The fourth-order valence-corrected chi connectivity index (χ4v) is 5.13. The summed E-state index contributed by atoms with van der Waals surface area (Å²) in [5.74, 6) is 0.406. The number of nitrogens with two attached hydrogens (primary N) is 1. The van der Waals surface area contributed by atoms with Crippen LogP contribution >= 0.6 is 11.6 Å². The molecule has 1 aromatic carbocycles. The highest BCUT2D eigenvalue weighted by Crippen LogP contribution is 2.30. The first kappa shape index (κ1) is 24.1. The van der Waals surface area contributed by atoms with E-state index in [9.17, 15) is 9.59 Å². The Bertz CT molecular complexity index is 1240. The molecule has 0 radical (unpaired) electrons. The summed E-state index contributed by atoms with van der Waals surface area (Å²) in [6.07, 6.45) is 5.97. The summed E-state index contributed by atoms with van der Waals surface area (Å²) in [7, 11) is 0. The molecule has 0 bridgehead atoms. The molecule has 0 aliphatic carbocycles. The van der Waals surface area contributed by atoms with E-state index in [0.29, 0.717) is 56.5 Å². The lowest BCUT2D eigenvalue weighted by molar-refractivity contribution is -0.133. The van der Waals surface area contributed by atoms with Crippen LogP contribution in [0.2, 0.25) is 5.02 Å². The minimum atomic E-state index is -0.511. The number of hydrogen-bond donors (Lipinski definition) is 2. The van der Waals surface area contributed by atoms with Gasteiger partial charge >= 0.3 is 6.03 Å². The van der Waals surface area contributed by atoms with Crippen molar-refractivity contribution in [2.75, 3.05) is 43.4 Å². The molecule has 3 aromatic rings. The molecule has 0 saturated carbocycles. The van der Waals surface area contributed by atoms with E-state index in [1.54, 1.807) is 17.3 Å². The average Bonchev–Trinajstić information content (AvgIpc) is 3.05. The number of amides is 3. The molecule has 188 valence electrons. The number of benzene rings is 1. The van der Waals surface area contributed by atoms with Crippen molar-refractivity contribution in [1.82, 2.24) is 25.1 Å². The maximum absolute atomic E-state index is 13.2. The number of aromatic nitrogens is 2. The van der Waals surface area contributed by atoms with Crippen LogP contribution in [-0.2, 0) is 11.3 Å². The summed E-state index contributed by atoms with van der Waals surface area (Å²) in [6, 6.07) is 10.6. The third-order valence-electron chi connectivity index (χ3n) is 6.85. The molecule has 9 nitrogen and oxygen atoms in total. The molecule has 1 atom stereocenters. The van der Waals surface area contributed by atoms with Gasteiger partial charge in [-0.3, -0.25) is 9.78 Å². The van der Waals surface area contributed by atoms with Gasteiger partial charge in [0.1, 0.15) is 11.9 Å². The maximum atomic E-state index is 13.2. The van der Waals surface area contributed by atoms with Crippen molar-refractivity contribution in [3.8, 4) is 0 Å². The van der Waals surface area contributed by atoms with Gasteiger partial charge in [0.25, 0.3) is 0 Å². The van der Waals surface area contributed by atoms with E-state index in [2.05, 4.69) is 20.2 Å². The van der Waals surface area contributed by atoms with E-state index in [0.717, 1.165) is 35.0 Å². The van der Waals surface area contributed by atoms with Gasteiger partial charge in [0.05, 0.1) is 5.52 Å². The van der Waals surface area contributed by atoms with E-state index in [-0.39, 0.29) is 11.9 Å². The van der Waals surface area contributed by atoms with Crippen LogP contribution in [0.5, 0.6) is 0 Å². The van der Waals surface area contributed by atoms with Gasteiger partial charge in [-0.05, 0) is 49.1 Å². The van der Waals surface area contributed by atoms with Crippen molar-refractivity contribution >= 4 is 45.9 Å². The van der Waals surface area contributed by atoms with Gasteiger partial charge in [-0.25, -0.2) is 9.78 Å². The Balaban J connectivity index is 1.21. The quantitative estimate of drug-likeness (QED) is 0.561. The monoisotopic (exact) mass is 507 g/mol. The van der Waals surface area contributed by atoms with Crippen LogP contribution in [0.4, 0.5) is 16.3 Å². The maximum Gasteiger partial charge on any atom is 0.318 e. The van der Waals surface area contributed by atoms with Crippen LogP contribution < -0.4 is 16.0 Å². The predicted octanol–water partition coefficient (Wildman–Crippen LogP) is 3.28. The molecule has 2 saturated heterocycles. The highest BCUT2D eigenvalue weighted by atomic mass is 35.5. The molecule has 0 unspecified atom stereocenters. The van der Waals surface area contributed by atoms with E-state index >= 15 is 0 Å². The van der Waals surface area contributed by atoms with Crippen molar-refractivity contribution in [2.45, 2.75) is 31.8 Å². The minimum absolute atomic E-state index is 0.0271. The lowest BCUT2D eigenvalue weighted by atomic mass is 10.1. The Morgan fingerprint density at radius 2 is 1.94 bits per heavy atom. The Morgan fingerprint density at radius 3 is 2.72 bits per heavy atom. The summed E-state index contributed by atoms with van der Waals surface area (Å²) < 4.78 is 0. The summed E-state index contributed by atoms with van der Waals surface area (Å²) >= 11 is 6.14. The second kappa shape index (κ2) is 10.6. The number of fused-ring (bicyclic) bond motifs is 1. The number of nitrogen functional groups attached to an aromatic ring is 1. The van der Waals surface area contributed by atoms with Gasteiger partial charge in [0.15, 0.2) is 0 Å². The molecular weight excluding hydrogens is 478 g/mol. The van der Waals surface area contributed by atoms with Gasteiger partial charge in [0, 0.05) is 73.8 Å². The minimum Gasteiger partial charge on any atom is -0.384 e. The topological polar surface area (TPSA) is 108 Å². The fraction of sp³-hybridized carbons (Fsp3) is 0.385. The lowest BCUT2D eigenvalue weighted by Gasteiger charge is -2.37. The predicted molar refractivity (Wildman–Crippen MR) is 141 cm³/mol. The molecular formula is C26H30ClN7O2.